The highest BCUT2D eigenvalue weighted by atomic mass is 16.2. The van der Waals surface area contributed by atoms with E-state index in [9.17, 15) is 10.1 Å². The van der Waals surface area contributed by atoms with Gasteiger partial charge in [0.2, 0.25) is 5.91 Å². The molecular formula is C14H23N3O. The average molecular weight is 249 g/mol. The summed E-state index contributed by atoms with van der Waals surface area (Å²) in [6.07, 6.45) is 3.83. The Kier molecular flexibility index (Phi) is 3.63. The summed E-state index contributed by atoms with van der Waals surface area (Å²) in [4.78, 5) is 16.5. The smallest absolute Gasteiger partial charge is 0.242 e. The van der Waals surface area contributed by atoms with E-state index in [0.717, 1.165) is 32.4 Å². The predicted molar refractivity (Wildman–Crippen MR) is 69.7 cm³/mol. The summed E-state index contributed by atoms with van der Waals surface area (Å²) in [7, 11) is 3.96. The molecule has 0 aromatic rings. The largest absolute Gasteiger partial charge is 0.343 e. The Morgan fingerprint density at radius 1 is 1.56 bits per heavy atom. The van der Waals surface area contributed by atoms with Gasteiger partial charge in [0.15, 0.2) is 0 Å². The van der Waals surface area contributed by atoms with Crippen LogP contribution in [0.5, 0.6) is 0 Å². The molecule has 1 saturated heterocycles. The predicted octanol–water partition coefficient (Wildman–Crippen LogP) is 1.48. The number of likely N-dealkylation sites (tertiary alicyclic amines) is 1. The third kappa shape index (κ3) is 2.24. The molecule has 0 spiro atoms. The fourth-order valence-corrected chi connectivity index (χ4v) is 3.42. The molecule has 1 atom stereocenters. The first kappa shape index (κ1) is 13.4. The lowest BCUT2D eigenvalue weighted by Crippen LogP contribution is -2.51. The van der Waals surface area contributed by atoms with Crippen LogP contribution in [0.25, 0.3) is 0 Å². The van der Waals surface area contributed by atoms with Gasteiger partial charge in [-0.05, 0) is 45.2 Å². The average Bonchev–Trinajstić information content (AvgIpc) is 2.69. The van der Waals surface area contributed by atoms with Gasteiger partial charge < -0.3 is 9.80 Å². The van der Waals surface area contributed by atoms with Gasteiger partial charge in [-0.3, -0.25) is 4.79 Å². The van der Waals surface area contributed by atoms with Crippen LogP contribution in [-0.4, -0.2) is 48.9 Å². The molecule has 0 bridgehead atoms. The maximum Gasteiger partial charge on any atom is 0.242 e. The fourth-order valence-electron chi connectivity index (χ4n) is 3.42. The van der Waals surface area contributed by atoms with E-state index in [0.29, 0.717) is 12.0 Å². The van der Waals surface area contributed by atoms with Crippen LogP contribution in [0.4, 0.5) is 0 Å². The van der Waals surface area contributed by atoms with E-state index in [1.165, 1.54) is 6.42 Å². The van der Waals surface area contributed by atoms with Crippen LogP contribution in [0.3, 0.4) is 0 Å². The van der Waals surface area contributed by atoms with Crippen molar-refractivity contribution in [1.29, 1.82) is 5.26 Å². The van der Waals surface area contributed by atoms with Crippen molar-refractivity contribution in [2.24, 2.45) is 11.3 Å². The van der Waals surface area contributed by atoms with Crippen molar-refractivity contribution in [3.05, 3.63) is 0 Å². The van der Waals surface area contributed by atoms with E-state index in [-0.39, 0.29) is 5.91 Å². The molecule has 4 heteroatoms. The van der Waals surface area contributed by atoms with E-state index in [1.807, 2.05) is 7.05 Å². The van der Waals surface area contributed by atoms with E-state index in [1.54, 1.807) is 4.90 Å². The highest BCUT2D eigenvalue weighted by molar-refractivity contribution is 5.86. The molecule has 4 nitrogen and oxygen atoms in total. The van der Waals surface area contributed by atoms with Gasteiger partial charge in [0.25, 0.3) is 0 Å². The standard InChI is InChI=1S/C14H23N3O/c1-11-7-14(8-11,10-15)13(18)17(3)9-12-5-4-6-16(12)2/h11-12H,4-9H2,1-3H3. The lowest BCUT2D eigenvalue weighted by Gasteiger charge is -2.42. The third-order valence-electron chi connectivity index (χ3n) is 4.52. The quantitative estimate of drug-likeness (QED) is 0.761. The monoisotopic (exact) mass is 249 g/mol. The zero-order valence-electron chi connectivity index (χ0n) is 11.6. The molecule has 1 saturated carbocycles. The number of amides is 1. The Morgan fingerprint density at radius 3 is 2.67 bits per heavy atom. The van der Waals surface area contributed by atoms with Crippen LogP contribution < -0.4 is 0 Å². The van der Waals surface area contributed by atoms with E-state index < -0.39 is 5.41 Å². The summed E-state index contributed by atoms with van der Waals surface area (Å²) in [5.74, 6) is 0.541. The number of nitrogens with zero attached hydrogens (tertiary/aromatic N) is 3. The Labute approximate surface area is 110 Å². The number of carbonyl (C=O) groups excluding carboxylic acids is 1. The minimum atomic E-state index is -0.717. The Hall–Kier alpha value is -1.08. The summed E-state index contributed by atoms with van der Waals surface area (Å²) in [6.45, 7) is 3.98. The zero-order valence-corrected chi connectivity index (χ0v) is 11.6. The van der Waals surface area contributed by atoms with Crippen LogP contribution >= 0.6 is 0 Å². The zero-order chi connectivity index (χ0) is 13.3. The molecule has 18 heavy (non-hydrogen) atoms. The van der Waals surface area contributed by atoms with Gasteiger partial charge >= 0.3 is 0 Å². The molecule has 0 aromatic carbocycles. The molecule has 0 radical (unpaired) electrons. The van der Waals surface area contributed by atoms with Crippen molar-refractivity contribution in [3.8, 4) is 6.07 Å². The van der Waals surface area contributed by atoms with Crippen molar-refractivity contribution in [1.82, 2.24) is 9.80 Å². The van der Waals surface area contributed by atoms with Crippen molar-refractivity contribution < 1.29 is 4.79 Å². The van der Waals surface area contributed by atoms with Gasteiger partial charge in [-0.15, -0.1) is 0 Å². The Balaban J connectivity index is 1.94. The first-order chi connectivity index (χ1) is 8.48. The molecule has 1 aliphatic carbocycles. The minimum Gasteiger partial charge on any atom is -0.343 e. The summed E-state index contributed by atoms with van der Waals surface area (Å²) >= 11 is 0. The summed E-state index contributed by atoms with van der Waals surface area (Å²) in [6, 6.07) is 2.72. The summed E-state index contributed by atoms with van der Waals surface area (Å²) < 4.78 is 0. The topological polar surface area (TPSA) is 47.3 Å². The number of rotatable bonds is 3. The molecule has 1 heterocycles. The lowest BCUT2D eigenvalue weighted by molar-refractivity contribution is -0.144. The van der Waals surface area contributed by atoms with Crippen LogP contribution in [0.2, 0.25) is 0 Å². The van der Waals surface area contributed by atoms with Gasteiger partial charge in [-0.1, -0.05) is 6.92 Å². The number of likely N-dealkylation sites (N-methyl/N-ethyl adjacent to an activating group) is 2. The van der Waals surface area contributed by atoms with Crippen molar-refractivity contribution in [2.45, 2.75) is 38.6 Å². The van der Waals surface area contributed by atoms with Crippen molar-refractivity contribution >= 4 is 5.91 Å². The molecule has 1 aliphatic heterocycles. The highest BCUT2D eigenvalue weighted by Gasteiger charge is 2.50. The minimum absolute atomic E-state index is 0.0309. The molecular weight excluding hydrogens is 226 g/mol. The molecule has 0 N–H and O–H groups in total. The SMILES string of the molecule is CC1CC(C#N)(C(=O)N(C)CC2CCCN2C)C1. The maximum absolute atomic E-state index is 12.4. The second kappa shape index (κ2) is 4.89. The second-order valence-electron chi connectivity index (χ2n) is 6.17. The van der Waals surface area contributed by atoms with Gasteiger partial charge in [-0.2, -0.15) is 5.26 Å². The number of hydrogen-bond donors (Lipinski definition) is 0. The summed E-state index contributed by atoms with van der Waals surface area (Å²) in [5, 5.41) is 9.28. The normalized spacial score (nSPS) is 35.9. The highest BCUT2D eigenvalue weighted by Crippen LogP contribution is 2.46. The van der Waals surface area contributed by atoms with Crippen LogP contribution in [-0.2, 0) is 4.79 Å². The number of nitriles is 1. The van der Waals surface area contributed by atoms with E-state index in [4.69, 9.17) is 0 Å². The van der Waals surface area contributed by atoms with Crippen LogP contribution in [0.1, 0.15) is 32.6 Å². The van der Waals surface area contributed by atoms with Crippen LogP contribution in [0.15, 0.2) is 0 Å². The molecule has 100 valence electrons. The van der Waals surface area contributed by atoms with E-state index in [2.05, 4.69) is 24.9 Å². The van der Waals surface area contributed by atoms with Crippen molar-refractivity contribution in [3.63, 3.8) is 0 Å². The molecule has 1 amide bonds. The maximum atomic E-state index is 12.4. The van der Waals surface area contributed by atoms with E-state index >= 15 is 0 Å². The number of carbonyl (C=O) groups is 1. The second-order valence-corrected chi connectivity index (χ2v) is 6.17. The third-order valence-corrected chi connectivity index (χ3v) is 4.52. The van der Waals surface area contributed by atoms with Crippen molar-refractivity contribution in [2.75, 3.05) is 27.2 Å². The van der Waals surface area contributed by atoms with Gasteiger partial charge in [0.05, 0.1) is 6.07 Å². The van der Waals surface area contributed by atoms with Gasteiger partial charge in [-0.25, -0.2) is 0 Å². The van der Waals surface area contributed by atoms with Gasteiger partial charge in [0, 0.05) is 19.6 Å². The Morgan fingerprint density at radius 2 is 2.22 bits per heavy atom. The van der Waals surface area contributed by atoms with Gasteiger partial charge in [0.1, 0.15) is 5.41 Å². The molecule has 2 rings (SSSR count). The molecule has 2 fully saturated rings. The lowest BCUT2D eigenvalue weighted by atomic mass is 9.63. The Bertz CT molecular complexity index is 368. The molecule has 2 aliphatic rings. The fraction of sp³-hybridized carbons (Fsp3) is 0.857. The molecule has 1 unspecified atom stereocenters. The summed E-state index contributed by atoms with van der Waals surface area (Å²) in [5.41, 5.74) is -0.717. The molecule has 0 aromatic heterocycles. The first-order valence-corrected chi connectivity index (χ1v) is 6.85. The van der Waals surface area contributed by atoms with Crippen LogP contribution in [0, 0.1) is 22.7 Å². The number of hydrogen-bond acceptors (Lipinski definition) is 3. The first-order valence-electron chi connectivity index (χ1n) is 6.85.